The lowest BCUT2D eigenvalue weighted by molar-refractivity contribution is -0.144. The highest BCUT2D eigenvalue weighted by molar-refractivity contribution is 5.93. The molecule has 1 aliphatic rings. The van der Waals surface area contributed by atoms with Crippen molar-refractivity contribution < 1.29 is 19.8 Å². The number of aliphatic carboxylic acids is 1. The highest BCUT2D eigenvalue weighted by Crippen LogP contribution is 2.21. The molecule has 2 aromatic rings. The SMILES string of the molecule is O=C(C[C@H](CN1CCc2ccccc2C1)C(=O)O)Nc1cccc(O)c1. The Morgan fingerprint density at radius 2 is 1.88 bits per heavy atom. The zero-order chi connectivity index (χ0) is 18.5. The monoisotopic (exact) mass is 354 g/mol. The number of nitrogens with zero attached hydrogens (tertiary/aromatic N) is 1. The zero-order valence-corrected chi connectivity index (χ0v) is 14.4. The normalized spacial score (nSPS) is 15.1. The number of carboxylic acid groups (broad SMARTS) is 1. The Morgan fingerprint density at radius 3 is 2.62 bits per heavy atom. The van der Waals surface area contributed by atoms with Crippen LogP contribution in [0, 0.1) is 5.92 Å². The first-order valence-electron chi connectivity index (χ1n) is 8.62. The molecule has 3 N–H and O–H groups in total. The second-order valence-corrected chi connectivity index (χ2v) is 6.59. The van der Waals surface area contributed by atoms with E-state index in [1.54, 1.807) is 12.1 Å². The van der Waals surface area contributed by atoms with E-state index in [2.05, 4.69) is 22.3 Å². The summed E-state index contributed by atoms with van der Waals surface area (Å²) in [6.45, 7) is 1.82. The molecular formula is C20H22N2O4. The lowest BCUT2D eigenvalue weighted by Crippen LogP contribution is -2.38. The van der Waals surface area contributed by atoms with Crippen molar-refractivity contribution in [3.8, 4) is 5.75 Å². The first-order chi connectivity index (χ1) is 12.5. The van der Waals surface area contributed by atoms with Crippen molar-refractivity contribution in [2.75, 3.05) is 18.4 Å². The van der Waals surface area contributed by atoms with E-state index in [-0.39, 0.29) is 18.1 Å². The van der Waals surface area contributed by atoms with Gasteiger partial charge in [0.1, 0.15) is 5.75 Å². The van der Waals surface area contributed by atoms with Gasteiger partial charge in [0.2, 0.25) is 5.91 Å². The molecule has 26 heavy (non-hydrogen) atoms. The van der Waals surface area contributed by atoms with Crippen LogP contribution >= 0.6 is 0 Å². The number of anilines is 1. The van der Waals surface area contributed by atoms with Gasteiger partial charge in [0.05, 0.1) is 5.92 Å². The van der Waals surface area contributed by atoms with Crippen molar-refractivity contribution in [1.29, 1.82) is 0 Å². The molecule has 1 amide bonds. The van der Waals surface area contributed by atoms with Crippen LogP contribution in [0.15, 0.2) is 48.5 Å². The summed E-state index contributed by atoms with van der Waals surface area (Å²) >= 11 is 0. The van der Waals surface area contributed by atoms with Crippen LogP contribution in [0.1, 0.15) is 17.5 Å². The van der Waals surface area contributed by atoms with Crippen LogP contribution in [0.2, 0.25) is 0 Å². The number of nitrogens with one attached hydrogen (secondary N) is 1. The second kappa shape index (κ2) is 8.01. The van der Waals surface area contributed by atoms with Gasteiger partial charge in [-0.15, -0.1) is 0 Å². The predicted molar refractivity (Wildman–Crippen MR) is 97.9 cm³/mol. The van der Waals surface area contributed by atoms with Gasteiger partial charge in [0.15, 0.2) is 0 Å². The highest BCUT2D eigenvalue weighted by atomic mass is 16.4. The molecule has 1 heterocycles. The summed E-state index contributed by atoms with van der Waals surface area (Å²) in [7, 11) is 0. The molecule has 0 radical (unpaired) electrons. The second-order valence-electron chi connectivity index (χ2n) is 6.59. The van der Waals surface area contributed by atoms with Gasteiger partial charge in [-0.1, -0.05) is 30.3 Å². The lowest BCUT2D eigenvalue weighted by Gasteiger charge is -2.30. The first-order valence-corrected chi connectivity index (χ1v) is 8.62. The van der Waals surface area contributed by atoms with Crippen molar-refractivity contribution in [2.45, 2.75) is 19.4 Å². The number of carboxylic acids is 1. The van der Waals surface area contributed by atoms with Gasteiger partial charge in [-0.2, -0.15) is 0 Å². The van der Waals surface area contributed by atoms with E-state index in [9.17, 15) is 19.8 Å². The molecule has 136 valence electrons. The molecule has 0 bridgehead atoms. The lowest BCUT2D eigenvalue weighted by atomic mass is 9.97. The number of amides is 1. The van der Waals surface area contributed by atoms with Gasteiger partial charge in [-0.3, -0.25) is 14.5 Å². The number of phenolic OH excluding ortho intramolecular Hbond substituents is 1. The number of benzene rings is 2. The summed E-state index contributed by atoms with van der Waals surface area (Å²) in [5.74, 6) is -2.09. The van der Waals surface area contributed by atoms with Crippen LogP contribution in [0.25, 0.3) is 0 Å². The maximum Gasteiger partial charge on any atom is 0.308 e. The third kappa shape index (κ3) is 4.61. The molecule has 0 saturated carbocycles. The number of fused-ring (bicyclic) bond motifs is 1. The third-order valence-corrected chi connectivity index (χ3v) is 4.60. The molecule has 6 nitrogen and oxygen atoms in total. The maximum atomic E-state index is 12.2. The Labute approximate surface area is 152 Å². The van der Waals surface area contributed by atoms with Crippen LogP contribution in [0.4, 0.5) is 5.69 Å². The number of hydrogen-bond acceptors (Lipinski definition) is 4. The highest BCUT2D eigenvalue weighted by Gasteiger charge is 2.26. The average Bonchev–Trinajstić information content (AvgIpc) is 2.61. The number of carbonyl (C=O) groups excluding carboxylic acids is 1. The standard InChI is InChI=1S/C20H22N2O4/c23-18-7-3-6-17(11-18)21-19(24)10-16(20(25)26)13-22-9-8-14-4-1-2-5-15(14)12-22/h1-7,11,16,23H,8-10,12-13H2,(H,21,24)(H,25,26)/t16-/m1/s1. The molecule has 0 saturated heterocycles. The molecule has 6 heteroatoms. The number of aromatic hydroxyl groups is 1. The molecule has 0 fully saturated rings. The van der Waals surface area contributed by atoms with E-state index in [1.165, 1.54) is 23.3 Å². The van der Waals surface area contributed by atoms with Crippen LogP contribution in [-0.4, -0.2) is 40.1 Å². The minimum atomic E-state index is -0.977. The van der Waals surface area contributed by atoms with Gasteiger partial charge in [-0.25, -0.2) is 0 Å². The quantitative estimate of drug-likeness (QED) is 0.741. The smallest absolute Gasteiger partial charge is 0.308 e. The van der Waals surface area contributed by atoms with E-state index >= 15 is 0 Å². The largest absolute Gasteiger partial charge is 0.508 e. The van der Waals surface area contributed by atoms with Crippen LogP contribution < -0.4 is 5.32 Å². The molecule has 0 spiro atoms. The molecule has 0 aromatic heterocycles. The number of carbonyl (C=O) groups is 2. The summed E-state index contributed by atoms with van der Waals surface area (Å²) in [6, 6.07) is 14.4. The summed E-state index contributed by atoms with van der Waals surface area (Å²) in [5, 5.41) is 21.6. The van der Waals surface area contributed by atoms with Crippen molar-refractivity contribution >= 4 is 17.6 Å². The van der Waals surface area contributed by atoms with Crippen molar-refractivity contribution in [2.24, 2.45) is 5.92 Å². The first kappa shape index (κ1) is 17.9. The Bertz CT molecular complexity index is 806. The molecular weight excluding hydrogens is 332 g/mol. The van der Waals surface area contributed by atoms with Crippen LogP contribution in [0.3, 0.4) is 0 Å². The number of hydrogen-bond donors (Lipinski definition) is 3. The summed E-state index contributed by atoms with van der Waals surface area (Å²) < 4.78 is 0. The number of phenols is 1. The molecule has 0 unspecified atom stereocenters. The minimum Gasteiger partial charge on any atom is -0.508 e. The minimum absolute atomic E-state index is 0.0459. The van der Waals surface area contributed by atoms with E-state index in [0.717, 1.165) is 13.0 Å². The van der Waals surface area contributed by atoms with Gasteiger partial charge < -0.3 is 15.5 Å². The molecule has 3 rings (SSSR count). The Morgan fingerprint density at radius 1 is 1.12 bits per heavy atom. The predicted octanol–water partition coefficient (Wildman–Crippen LogP) is 2.48. The van der Waals surface area contributed by atoms with Crippen molar-refractivity contribution in [1.82, 2.24) is 4.90 Å². The Balaban J connectivity index is 1.59. The van der Waals surface area contributed by atoms with Crippen LogP contribution in [0.5, 0.6) is 5.75 Å². The fourth-order valence-electron chi connectivity index (χ4n) is 3.27. The van der Waals surface area contributed by atoms with Gasteiger partial charge in [0.25, 0.3) is 0 Å². The fraction of sp³-hybridized carbons (Fsp3) is 0.300. The van der Waals surface area contributed by atoms with E-state index < -0.39 is 11.9 Å². The summed E-state index contributed by atoms with van der Waals surface area (Å²) in [4.78, 5) is 25.9. The Kier molecular flexibility index (Phi) is 5.53. The maximum absolute atomic E-state index is 12.2. The molecule has 0 aliphatic carbocycles. The average molecular weight is 354 g/mol. The van der Waals surface area contributed by atoms with E-state index in [1.807, 2.05) is 12.1 Å². The van der Waals surface area contributed by atoms with E-state index in [4.69, 9.17) is 0 Å². The summed E-state index contributed by atoms with van der Waals surface area (Å²) in [6.07, 6.45) is 0.779. The van der Waals surface area contributed by atoms with Crippen LogP contribution in [-0.2, 0) is 22.6 Å². The molecule has 1 atom stereocenters. The zero-order valence-electron chi connectivity index (χ0n) is 14.4. The molecule has 2 aromatic carbocycles. The van der Waals surface area contributed by atoms with Gasteiger partial charge in [0, 0.05) is 37.8 Å². The van der Waals surface area contributed by atoms with Crippen molar-refractivity contribution in [3.63, 3.8) is 0 Å². The third-order valence-electron chi connectivity index (χ3n) is 4.60. The van der Waals surface area contributed by atoms with Gasteiger partial charge >= 0.3 is 5.97 Å². The topological polar surface area (TPSA) is 89.9 Å². The van der Waals surface area contributed by atoms with Gasteiger partial charge in [-0.05, 0) is 29.7 Å². The van der Waals surface area contributed by atoms with E-state index in [0.29, 0.717) is 18.8 Å². The van der Waals surface area contributed by atoms with Crippen molar-refractivity contribution in [3.05, 3.63) is 59.7 Å². The number of rotatable bonds is 6. The fourth-order valence-corrected chi connectivity index (χ4v) is 3.27. The molecule has 1 aliphatic heterocycles. The Hall–Kier alpha value is -2.86. The summed E-state index contributed by atoms with van der Waals surface area (Å²) in [5.41, 5.74) is 2.97.